The zero-order chi connectivity index (χ0) is 19.7. The molecule has 0 aromatic heterocycles. The summed E-state index contributed by atoms with van der Waals surface area (Å²) >= 11 is 0. The van der Waals surface area contributed by atoms with Crippen molar-refractivity contribution in [3.8, 4) is 11.5 Å². The van der Waals surface area contributed by atoms with Gasteiger partial charge in [-0.3, -0.25) is 24.1 Å². The van der Waals surface area contributed by atoms with Crippen LogP contribution in [0.2, 0.25) is 0 Å². The zero-order valence-corrected chi connectivity index (χ0v) is 15.1. The van der Waals surface area contributed by atoms with E-state index in [0.717, 1.165) is 4.90 Å². The summed E-state index contributed by atoms with van der Waals surface area (Å²) in [5.41, 5.74) is 0.346. The molecular formula is C20H19NO7. The highest BCUT2D eigenvalue weighted by Crippen LogP contribution is 2.35. The second-order valence-electron chi connectivity index (χ2n) is 6.89. The Kier molecular flexibility index (Phi) is 4.85. The fourth-order valence-electron chi connectivity index (χ4n) is 3.66. The van der Waals surface area contributed by atoms with Gasteiger partial charge in [-0.05, 0) is 31.0 Å². The van der Waals surface area contributed by atoms with Crippen LogP contribution in [0.25, 0.3) is 0 Å². The summed E-state index contributed by atoms with van der Waals surface area (Å²) in [6.07, 6.45) is 4.79. The highest BCUT2D eigenvalue weighted by atomic mass is 16.7. The molecule has 8 heteroatoms. The van der Waals surface area contributed by atoms with Gasteiger partial charge in [-0.15, -0.1) is 0 Å². The molecule has 1 fully saturated rings. The van der Waals surface area contributed by atoms with Crippen molar-refractivity contribution in [3.63, 3.8) is 0 Å². The number of ketones is 1. The van der Waals surface area contributed by atoms with Gasteiger partial charge in [0.25, 0.3) is 0 Å². The van der Waals surface area contributed by atoms with Gasteiger partial charge in [-0.2, -0.15) is 0 Å². The maximum absolute atomic E-state index is 12.3. The number of rotatable bonds is 6. The van der Waals surface area contributed by atoms with Crippen molar-refractivity contribution in [2.24, 2.45) is 11.8 Å². The Morgan fingerprint density at radius 2 is 1.71 bits per heavy atom. The highest BCUT2D eigenvalue weighted by Gasteiger charge is 2.46. The maximum Gasteiger partial charge on any atom is 0.308 e. The number of hydrogen-bond acceptors (Lipinski definition) is 7. The van der Waals surface area contributed by atoms with Crippen LogP contribution in [0.1, 0.15) is 29.6 Å². The number of ether oxygens (including phenoxy) is 3. The van der Waals surface area contributed by atoms with Gasteiger partial charge in [0.05, 0.1) is 18.3 Å². The van der Waals surface area contributed by atoms with Crippen molar-refractivity contribution in [1.29, 1.82) is 0 Å². The lowest BCUT2D eigenvalue weighted by atomic mass is 9.85. The first kappa shape index (κ1) is 18.2. The van der Waals surface area contributed by atoms with E-state index in [0.29, 0.717) is 29.9 Å². The monoisotopic (exact) mass is 385 g/mol. The molecular weight excluding hydrogens is 366 g/mol. The summed E-state index contributed by atoms with van der Waals surface area (Å²) in [5, 5.41) is 0. The van der Waals surface area contributed by atoms with Crippen LogP contribution in [0.3, 0.4) is 0 Å². The predicted octanol–water partition coefficient (Wildman–Crippen LogP) is 1.48. The van der Waals surface area contributed by atoms with Crippen LogP contribution in [0.5, 0.6) is 11.5 Å². The Balaban J connectivity index is 1.26. The molecule has 0 radical (unpaired) electrons. The summed E-state index contributed by atoms with van der Waals surface area (Å²) in [6.45, 7) is -0.342. The van der Waals surface area contributed by atoms with E-state index in [1.807, 2.05) is 12.2 Å². The molecule has 4 rings (SSSR count). The molecule has 0 bridgehead atoms. The van der Waals surface area contributed by atoms with E-state index >= 15 is 0 Å². The van der Waals surface area contributed by atoms with Gasteiger partial charge >= 0.3 is 5.97 Å². The van der Waals surface area contributed by atoms with Crippen LogP contribution in [0.4, 0.5) is 0 Å². The molecule has 2 atom stereocenters. The molecule has 1 saturated heterocycles. The first-order chi connectivity index (χ1) is 13.5. The third-order valence-electron chi connectivity index (χ3n) is 5.20. The van der Waals surface area contributed by atoms with Crippen LogP contribution in [-0.4, -0.2) is 48.4 Å². The number of allylic oxidation sites excluding steroid dienone is 2. The smallest absolute Gasteiger partial charge is 0.308 e. The number of nitrogens with zero attached hydrogens (tertiary/aromatic N) is 1. The first-order valence-corrected chi connectivity index (χ1v) is 9.13. The maximum atomic E-state index is 12.3. The molecule has 0 unspecified atom stereocenters. The molecule has 3 aliphatic rings. The zero-order valence-electron chi connectivity index (χ0n) is 15.1. The van der Waals surface area contributed by atoms with E-state index in [2.05, 4.69) is 0 Å². The number of esters is 1. The minimum Gasteiger partial charge on any atom is -0.457 e. The standard InChI is InChI=1S/C20H19NO7/c22-15(12-5-6-16-17(9-12)28-11-27-16)10-26-18(23)7-8-21-19(24)13-3-1-2-4-14(13)20(21)25/h1-2,5-6,9,13-14H,3-4,7-8,10-11H2/t13-,14+. The van der Waals surface area contributed by atoms with Gasteiger partial charge in [-0.1, -0.05) is 12.2 Å². The van der Waals surface area contributed by atoms with Crippen molar-refractivity contribution < 1.29 is 33.4 Å². The third kappa shape index (κ3) is 3.37. The molecule has 8 nitrogen and oxygen atoms in total. The molecule has 1 aromatic rings. The van der Waals surface area contributed by atoms with Gasteiger partial charge in [0, 0.05) is 12.1 Å². The Morgan fingerprint density at radius 1 is 1.04 bits per heavy atom. The number of carbonyl (C=O) groups is 4. The van der Waals surface area contributed by atoms with E-state index in [1.54, 1.807) is 12.1 Å². The molecule has 0 N–H and O–H groups in total. The van der Waals surface area contributed by atoms with E-state index in [9.17, 15) is 19.2 Å². The van der Waals surface area contributed by atoms with Crippen molar-refractivity contribution in [2.75, 3.05) is 19.9 Å². The SMILES string of the molecule is O=C(CCN1C(=O)[C@H]2CC=CC[C@H]2C1=O)OCC(=O)c1ccc2c(c1)OCO2. The van der Waals surface area contributed by atoms with Crippen molar-refractivity contribution in [2.45, 2.75) is 19.3 Å². The summed E-state index contributed by atoms with van der Waals surface area (Å²) in [6, 6.07) is 4.73. The lowest BCUT2D eigenvalue weighted by Crippen LogP contribution is -2.33. The minimum atomic E-state index is -0.636. The number of Topliss-reactive ketones (excluding diaryl/α,β-unsaturated/α-hetero) is 1. The largest absolute Gasteiger partial charge is 0.457 e. The molecule has 0 spiro atoms. The Hall–Kier alpha value is -3.16. The Morgan fingerprint density at radius 3 is 2.43 bits per heavy atom. The van der Waals surface area contributed by atoms with Crippen LogP contribution in [0.15, 0.2) is 30.4 Å². The number of carbonyl (C=O) groups excluding carboxylic acids is 4. The molecule has 2 aliphatic heterocycles. The fraction of sp³-hybridized carbons (Fsp3) is 0.400. The van der Waals surface area contributed by atoms with Crippen molar-refractivity contribution in [1.82, 2.24) is 4.90 Å². The van der Waals surface area contributed by atoms with Crippen molar-refractivity contribution in [3.05, 3.63) is 35.9 Å². The topological polar surface area (TPSA) is 99.2 Å². The number of fused-ring (bicyclic) bond motifs is 2. The number of likely N-dealkylation sites (tertiary alicyclic amines) is 1. The van der Waals surface area contributed by atoms with E-state index < -0.39 is 12.6 Å². The summed E-state index contributed by atoms with van der Waals surface area (Å²) in [5.74, 6) is -1.09. The van der Waals surface area contributed by atoms with E-state index in [1.165, 1.54) is 6.07 Å². The Bertz CT molecular complexity index is 849. The minimum absolute atomic E-state index is 0.0261. The van der Waals surface area contributed by atoms with E-state index in [-0.39, 0.29) is 49.2 Å². The second-order valence-corrected chi connectivity index (χ2v) is 6.89. The van der Waals surface area contributed by atoms with Crippen molar-refractivity contribution >= 4 is 23.6 Å². The van der Waals surface area contributed by atoms with Crippen LogP contribution in [-0.2, 0) is 19.1 Å². The van der Waals surface area contributed by atoms with Gasteiger partial charge in [0.15, 0.2) is 23.9 Å². The summed E-state index contributed by atoms with van der Waals surface area (Å²) in [4.78, 5) is 50.0. The normalized spacial score (nSPS) is 22.4. The predicted molar refractivity (Wildman–Crippen MR) is 94.5 cm³/mol. The highest BCUT2D eigenvalue weighted by molar-refractivity contribution is 6.05. The molecule has 1 aliphatic carbocycles. The number of amides is 2. The molecule has 0 saturated carbocycles. The van der Waals surface area contributed by atoms with Crippen LogP contribution >= 0.6 is 0 Å². The quantitative estimate of drug-likeness (QED) is 0.316. The van der Waals surface area contributed by atoms with E-state index in [4.69, 9.17) is 14.2 Å². The third-order valence-corrected chi connectivity index (χ3v) is 5.20. The molecule has 28 heavy (non-hydrogen) atoms. The fourth-order valence-corrected chi connectivity index (χ4v) is 3.66. The average Bonchev–Trinajstić information content (AvgIpc) is 3.28. The van der Waals surface area contributed by atoms with Gasteiger partial charge in [0.1, 0.15) is 0 Å². The molecule has 2 heterocycles. The molecule has 1 aromatic carbocycles. The number of benzene rings is 1. The van der Waals surface area contributed by atoms with Gasteiger partial charge in [0.2, 0.25) is 18.6 Å². The average molecular weight is 385 g/mol. The Labute approximate surface area is 161 Å². The number of hydrogen-bond donors (Lipinski definition) is 0. The second kappa shape index (κ2) is 7.46. The van der Waals surface area contributed by atoms with Gasteiger partial charge in [-0.25, -0.2) is 0 Å². The lowest BCUT2D eigenvalue weighted by Gasteiger charge is -2.14. The van der Waals surface area contributed by atoms with Crippen LogP contribution in [0, 0.1) is 11.8 Å². The molecule has 146 valence electrons. The first-order valence-electron chi connectivity index (χ1n) is 9.13. The summed E-state index contributed by atoms with van der Waals surface area (Å²) in [7, 11) is 0. The lowest BCUT2D eigenvalue weighted by molar-refractivity contribution is -0.145. The molecule has 2 amide bonds. The van der Waals surface area contributed by atoms with Gasteiger partial charge < -0.3 is 14.2 Å². The summed E-state index contributed by atoms with van der Waals surface area (Å²) < 4.78 is 15.4. The van der Waals surface area contributed by atoms with Crippen LogP contribution < -0.4 is 9.47 Å². The number of imide groups is 1.